The normalized spacial score (nSPS) is 16.8. The molecule has 3 N–H and O–H groups in total. The van der Waals surface area contributed by atoms with Gasteiger partial charge in [-0.1, -0.05) is 28.1 Å². The van der Waals surface area contributed by atoms with E-state index >= 15 is 0 Å². The van der Waals surface area contributed by atoms with Gasteiger partial charge in [0.2, 0.25) is 0 Å². The standard InChI is InChI=1S/C21H20BrFN4O3/c1-27-18-9-15(22)4-7-19(18)30-12-17(20(27)28)26-21(29)25-11-14(10-24)8-13-2-5-16(23)6-3-13/h2-7,9-11,17H,8,12,24H2,1H3,(H,26,29)/b14-10-,25-11+/t17-/m1/s1. The number of allylic oxidation sites excluding steroid dienone is 1. The maximum Gasteiger partial charge on any atom is 0.341 e. The third kappa shape index (κ3) is 5.24. The van der Waals surface area contributed by atoms with Crippen LogP contribution in [-0.2, 0) is 11.2 Å². The fourth-order valence-corrected chi connectivity index (χ4v) is 3.24. The molecule has 1 atom stereocenters. The van der Waals surface area contributed by atoms with Crippen LogP contribution in [0.15, 0.2) is 63.7 Å². The fraction of sp³-hybridized carbons (Fsp3) is 0.190. The van der Waals surface area contributed by atoms with Gasteiger partial charge < -0.3 is 20.7 Å². The number of fused-ring (bicyclic) bond motifs is 1. The third-order valence-corrected chi connectivity index (χ3v) is 4.99. The van der Waals surface area contributed by atoms with Gasteiger partial charge in [0.25, 0.3) is 5.91 Å². The number of aliphatic imine (C=N–C) groups is 1. The van der Waals surface area contributed by atoms with Gasteiger partial charge in [-0.2, -0.15) is 0 Å². The van der Waals surface area contributed by atoms with Crippen molar-refractivity contribution in [3.8, 4) is 5.75 Å². The number of amides is 3. The van der Waals surface area contributed by atoms with Crippen LogP contribution in [-0.4, -0.2) is 37.8 Å². The lowest BCUT2D eigenvalue weighted by Gasteiger charge is -2.19. The minimum atomic E-state index is -0.895. The molecule has 156 valence electrons. The molecule has 2 aromatic carbocycles. The van der Waals surface area contributed by atoms with Gasteiger partial charge in [0.05, 0.1) is 5.69 Å². The van der Waals surface area contributed by atoms with Gasteiger partial charge in [0, 0.05) is 24.2 Å². The molecule has 0 bridgehead atoms. The molecule has 1 aliphatic rings. The number of nitrogens with one attached hydrogen (secondary N) is 1. The van der Waals surface area contributed by atoms with Gasteiger partial charge in [-0.15, -0.1) is 0 Å². The summed E-state index contributed by atoms with van der Waals surface area (Å²) in [7, 11) is 1.61. The number of anilines is 1. The molecule has 7 nitrogen and oxygen atoms in total. The van der Waals surface area contributed by atoms with Crippen molar-refractivity contribution in [2.75, 3.05) is 18.6 Å². The second-order valence-electron chi connectivity index (χ2n) is 6.63. The van der Waals surface area contributed by atoms with E-state index in [4.69, 9.17) is 10.5 Å². The molecule has 1 aliphatic heterocycles. The Bertz CT molecular complexity index is 1010. The van der Waals surface area contributed by atoms with Gasteiger partial charge in [0.15, 0.2) is 0 Å². The number of nitrogens with two attached hydrogens (primary N) is 1. The van der Waals surface area contributed by atoms with Crippen LogP contribution in [0.25, 0.3) is 0 Å². The van der Waals surface area contributed by atoms with Crippen LogP contribution in [0.3, 0.4) is 0 Å². The van der Waals surface area contributed by atoms with Crippen LogP contribution < -0.4 is 20.7 Å². The van der Waals surface area contributed by atoms with E-state index in [0.717, 1.165) is 10.0 Å². The second-order valence-corrected chi connectivity index (χ2v) is 7.54. The van der Waals surface area contributed by atoms with Gasteiger partial charge in [-0.25, -0.2) is 14.2 Å². The molecule has 30 heavy (non-hydrogen) atoms. The highest BCUT2D eigenvalue weighted by Crippen LogP contribution is 2.33. The zero-order valence-corrected chi connectivity index (χ0v) is 17.7. The lowest BCUT2D eigenvalue weighted by atomic mass is 10.1. The van der Waals surface area contributed by atoms with E-state index in [-0.39, 0.29) is 18.3 Å². The lowest BCUT2D eigenvalue weighted by Crippen LogP contribution is -2.48. The molecule has 0 spiro atoms. The summed E-state index contributed by atoms with van der Waals surface area (Å²) < 4.78 is 19.5. The fourth-order valence-electron chi connectivity index (χ4n) is 2.89. The molecule has 3 amide bonds. The molecule has 3 rings (SSSR count). The first kappa shape index (κ1) is 21.5. The zero-order chi connectivity index (χ0) is 21.7. The zero-order valence-electron chi connectivity index (χ0n) is 16.1. The van der Waals surface area contributed by atoms with Gasteiger partial charge in [-0.05, 0) is 47.7 Å². The quantitative estimate of drug-likeness (QED) is 0.664. The van der Waals surface area contributed by atoms with Crippen molar-refractivity contribution in [2.45, 2.75) is 12.5 Å². The number of carbonyl (C=O) groups excluding carboxylic acids is 2. The predicted molar refractivity (Wildman–Crippen MR) is 116 cm³/mol. The molecule has 0 saturated heterocycles. The number of hydrogen-bond donors (Lipinski definition) is 2. The maximum atomic E-state index is 13.0. The smallest absolute Gasteiger partial charge is 0.341 e. The summed E-state index contributed by atoms with van der Waals surface area (Å²) in [4.78, 5) is 30.2. The average Bonchev–Trinajstić information content (AvgIpc) is 2.85. The van der Waals surface area contributed by atoms with Crippen LogP contribution in [0.5, 0.6) is 5.75 Å². The van der Waals surface area contributed by atoms with E-state index in [1.807, 2.05) is 6.07 Å². The van der Waals surface area contributed by atoms with Crippen molar-refractivity contribution in [3.05, 3.63) is 70.1 Å². The summed E-state index contributed by atoms with van der Waals surface area (Å²) in [6.45, 7) is -0.0196. The van der Waals surface area contributed by atoms with Crippen molar-refractivity contribution in [1.29, 1.82) is 0 Å². The predicted octanol–water partition coefficient (Wildman–Crippen LogP) is 3.18. The van der Waals surface area contributed by atoms with Crippen molar-refractivity contribution >= 4 is 39.8 Å². The van der Waals surface area contributed by atoms with Gasteiger partial charge in [0.1, 0.15) is 24.2 Å². The molecule has 9 heteroatoms. The SMILES string of the molecule is CN1C(=O)[C@H](NC(=O)/N=C/C(=C\N)Cc2ccc(F)cc2)COc2ccc(Br)cc21. The summed E-state index contributed by atoms with van der Waals surface area (Å²) in [6, 6.07) is 9.67. The van der Waals surface area contributed by atoms with Gasteiger partial charge in [-0.3, -0.25) is 4.79 Å². The van der Waals surface area contributed by atoms with Crippen LogP contribution >= 0.6 is 15.9 Å². The number of carbonyl (C=O) groups is 2. The molecular formula is C21H20BrFN4O3. The van der Waals surface area contributed by atoms with Gasteiger partial charge >= 0.3 is 6.03 Å². The monoisotopic (exact) mass is 474 g/mol. The Hall–Kier alpha value is -3.20. The number of hydrogen-bond acceptors (Lipinski definition) is 4. The molecule has 0 radical (unpaired) electrons. The van der Waals surface area contributed by atoms with E-state index < -0.39 is 12.1 Å². The third-order valence-electron chi connectivity index (χ3n) is 4.50. The molecular weight excluding hydrogens is 455 g/mol. The highest BCUT2D eigenvalue weighted by atomic mass is 79.9. The topological polar surface area (TPSA) is 97.0 Å². The summed E-state index contributed by atoms with van der Waals surface area (Å²) in [5, 5.41) is 2.56. The first-order chi connectivity index (χ1) is 14.4. The van der Waals surface area contributed by atoms with Crippen molar-refractivity contribution in [2.24, 2.45) is 10.7 Å². The second kappa shape index (κ2) is 9.53. The minimum Gasteiger partial charge on any atom is -0.489 e. The van der Waals surface area contributed by atoms with Crippen molar-refractivity contribution < 1.29 is 18.7 Å². The number of urea groups is 1. The van der Waals surface area contributed by atoms with Crippen LogP contribution in [0, 0.1) is 5.82 Å². The number of rotatable bonds is 4. The number of ether oxygens (including phenoxy) is 1. The highest BCUT2D eigenvalue weighted by molar-refractivity contribution is 9.10. The minimum absolute atomic E-state index is 0.0196. The summed E-state index contributed by atoms with van der Waals surface area (Å²) in [5.41, 5.74) is 7.58. The molecule has 0 unspecified atom stereocenters. The summed E-state index contributed by atoms with van der Waals surface area (Å²) in [5.74, 6) is -0.113. The molecule has 1 heterocycles. The lowest BCUT2D eigenvalue weighted by molar-refractivity contribution is -0.120. The number of halogens is 2. The molecule has 0 aliphatic carbocycles. The summed E-state index contributed by atoms with van der Waals surface area (Å²) >= 11 is 3.37. The Balaban J connectivity index is 1.63. The molecule has 0 aromatic heterocycles. The van der Waals surface area contributed by atoms with Crippen molar-refractivity contribution in [1.82, 2.24) is 5.32 Å². The average molecular weight is 475 g/mol. The van der Waals surface area contributed by atoms with E-state index in [9.17, 15) is 14.0 Å². The van der Waals surface area contributed by atoms with E-state index in [0.29, 0.717) is 23.4 Å². The van der Waals surface area contributed by atoms with E-state index in [1.165, 1.54) is 29.4 Å². The molecule has 2 aromatic rings. The van der Waals surface area contributed by atoms with Crippen molar-refractivity contribution in [3.63, 3.8) is 0 Å². The van der Waals surface area contributed by atoms with Crippen LogP contribution in [0.4, 0.5) is 14.9 Å². The van der Waals surface area contributed by atoms with E-state index in [2.05, 4.69) is 26.2 Å². The number of nitrogens with zero attached hydrogens (tertiary/aromatic N) is 2. The van der Waals surface area contributed by atoms with E-state index in [1.54, 1.807) is 31.3 Å². The van der Waals surface area contributed by atoms with Crippen LogP contribution in [0.1, 0.15) is 5.56 Å². The molecule has 0 fully saturated rings. The largest absolute Gasteiger partial charge is 0.489 e. The summed E-state index contributed by atoms with van der Waals surface area (Å²) in [6.07, 6.45) is 3.02. The Morgan fingerprint density at radius 1 is 1.37 bits per heavy atom. The number of likely N-dealkylation sites (N-methyl/N-ethyl adjacent to an activating group) is 1. The highest BCUT2D eigenvalue weighted by Gasteiger charge is 2.30. The van der Waals surface area contributed by atoms with Crippen LogP contribution in [0.2, 0.25) is 0 Å². The maximum absolute atomic E-state index is 13.0. The molecule has 0 saturated carbocycles. The first-order valence-electron chi connectivity index (χ1n) is 9.07. The first-order valence-corrected chi connectivity index (χ1v) is 9.86. The number of benzene rings is 2. The Labute approximate surface area is 181 Å². The Morgan fingerprint density at radius 2 is 2.10 bits per heavy atom. The Morgan fingerprint density at radius 3 is 2.80 bits per heavy atom. The Kier molecular flexibility index (Phi) is 6.83.